The van der Waals surface area contributed by atoms with Gasteiger partial charge in [0.2, 0.25) is 0 Å². The molecule has 0 amide bonds. The zero-order valence-corrected chi connectivity index (χ0v) is 7.97. The van der Waals surface area contributed by atoms with Gasteiger partial charge in [0.25, 0.3) is 6.08 Å². The van der Waals surface area contributed by atoms with Crippen LogP contribution in [0.1, 0.15) is 1.43 Å². The van der Waals surface area contributed by atoms with Crippen LogP contribution in [0, 0.1) is 0 Å². The zero-order valence-electron chi connectivity index (χ0n) is 5.03. The molecule has 42 valence electrons. The van der Waals surface area contributed by atoms with Gasteiger partial charge in [-0.15, -0.1) is 0 Å². The molecule has 0 spiro atoms. The smallest absolute Gasteiger partial charge is 1.00 e. The van der Waals surface area contributed by atoms with Crippen molar-refractivity contribution >= 4 is 16.4 Å². The monoisotopic (exact) mass is 163 g/mol. The van der Waals surface area contributed by atoms with E-state index < -0.39 is 10.3 Å². The van der Waals surface area contributed by atoms with Crippen LogP contribution < -0.4 is 51.4 Å². The molecule has 0 aromatic rings. The molecule has 0 atom stereocenters. The van der Waals surface area contributed by atoms with E-state index in [-0.39, 0.29) is 52.8 Å². The van der Waals surface area contributed by atoms with Gasteiger partial charge in [-0.2, -0.15) is 8.42 Å². The number of hydrogen-bond acceptors (Lipinski definition) is 3. The van der Waals surface area contributed by atoms with Crippen molar-refractivity contribution in [2.24, 2.45) is 4.40 Å². The molecule has 0 aliphatic rings. The van der Waals surface area contributed by atoms with Crippen LogP contribution in [0.4, 0.5) is 0 Å². The fraction of sp³-hybridized carbons (Fsp3) is 0. The summed E-state index contributed by atoms with van der Waals surface area (Å²) in [5, 5.41) is 0. The fourth-order valence-corrected chi connectivity index (χ4v) is 0.141. The average molecular weight is 163 g/mol. The van der Waals surface area contributed by atoms with Gasteiger partial charge in [-0.1, -0.05) is 4.40 Å². The summed E-state index contributed by atoms with van der Waals surface area (Å²) in [6.07, 6.45) is 0.645. The predicted molar refractivity (Wildman–Crippen MR) is 20.8 cm³/mol. The van der Waals surface area contributed by atoms with Crippen molar-refractivity contribution in [3.05, 3.63) is 0 Å². The normalized spacial score (nSPS) is 8.62. The Morgan fingerprint density at radius 3 is 2.00 bits per heavy atom. The largest absolute Gasteiger partial charge is 1.00 e. The van der Waals surface area contributed by atoms with Crippen LogP contribution in [0.3, 0.4) is 0 Å². The first-order valence-corrected chi connectivity index (χ1v) is 2.52. The Hall–Kier alpha value is 0.926. The molecule has 0 radical (unpaired) electrons. The Bertz CT molecular complexity index is 193. The first-order valence-electron chi connectivity index (χ1n) is 1.13. The van der Waals surface area contributed by atoms with Crippen molar-refractivity contribution in [2.75, 3.05) is 0 Å². The quantitative estimate of drug-likeness (QED) is 0.186. The van der Waals surface area contributed by atoms with Crippen molar-refractivity contribution < 1.29 is 70.6 Å². The van der Waals surface area contributed by atoms with Crippen molar-refractivity contribution in [1.29, 1.82) is 0 Å². The topological polar surface area (TPSA) is 83.8 Å². The van der Waals surface area contributed by atoms with Gasteiger partial charge in [0, 0.05) is 0 Å². The molecule has 0 fully saturated rings. The second-order valence-corrected chi connectivity index (χ2v) is 1.71. The van der Waals surface area contributed by atoms with Crippen LogP contribution in [0.15, 0.2) is 4.40 Å². The van der Waals surface area contributed by atoms with Gasteiger partial charge in [-0.05, 0) is 0 Å². The van der Waals surface area contributed by atoms with E-state index in [9.17, 15) is 8.42 Å². The minimum absolute atomic E-state index is 0. The molecule has 5 nitrogen and oxygen atoms in total. The Labute approximate surface area is 90.0 Å². The van der Waals surface area contributed by atoms with E-state index in [0.717, 1.165) is 0 Å². The van der Waals surface area contributed by atoms with Gasteiger partial charge in [-0.3, -0.25) is 4.55 Å². The second-order valence-electron chi connectivity index (χ2n) is 0.630. The maximum absolute atomic E-state index is 9.36. The Balaban J connectivity index is -0.000000180. The third kappa shape index (κ3) is 10.0. The van der Waals surface area contributed by atoms with Crippen molar-refractivity contribution in [3.8, 4) is 0 Å². The summed E-state index contributed by atoms with van der Waals surface area (Å²) in [7, 11) is -4.47. The van der Waals surface area contributed by atoms with Crippen LogP contribution in [-0.4, -0.2) is 19.1 Å². The summed E-state index contributed by atoms with van der Waals surface area (Å²) >= 11 is 0. The van der Waals surface area contributed by atoms with E-state index in [2.05, 4.69) is 0 Å². The molecular weight excluding hydrogens is 161 g/mol. The number of carbonyl (C=O) groups excluding carboxylic acids is 1. The Kier molecular flexibility index (Phi) is 6.97. The van der Waals surface area contributed by atoms with E-state index >= 15 is 0 Å². The summed E-state index contributed by atoms with van der Waals surface area (Å²) in [4.78, 5) is 8.99. The van der Waals surface area contributed by atoms with Crippen molar-refractivity contribution in [2.45, 2.75) is 0 Å². The van der Waals surface area contributed by atoms with Crippen LogP contribution in [0.2, 0.25) is 0 Å². The summed E-state index contributed by atoms with van der Waals surface area (Å²) in [6.45, 7) is 0. The second kappa shape index (κ2) is 4.77. The Morgan fingerprint density at radius 2 is 2.00 bits per heavy atom. The van der Waals surface area contributed by atoms with Crippen LogP contribution >= 0.6 is 0 Å². The van der Waals surface area contributed by atoms with E-state index in [1.807, 2.05) is 4.40 Å². The van der Waals surface area contributed by atoms with E-state index in [1.54, 1.807) is 0 Å². The first-order chi connectivity index (χ1) is 3.06. The van der Waals surface area contributed by atoms with Gasteiger partial charge >= 0.3 is 61.7 Å². The number of hydrogen-bond donors (Lipinski definition) is 1. The molecule has 0 rings (SSSR count). The van der Waals surface area contributed by atoms with E-state index in [0.29, 0.717) is 6.08 Å². The van der Waals surface area contributed by atoms with Crippen LogP contribution in [0.25, 0.3) is 0 Å². The van der Waals surface area contributed by atoms with Gasteiger partial charge < -0.3 is 1.43 Å². The summed E-state index contributed by atoms with van der Waals surface area (Å²) in [5.41, 5.74) is 0. The van der Waals surface area contributed by atoms with E-state index in [1.165, 1.54) is 0 Å². The zero-order chi connectivity index (χ0) is 5.91. The summed E-state index contributed by atoms with van der Waals surface area (Å²) < 4.78 is 28.3. The third-order valence-corrected chi connectivity index (χ3v) is 0.458. The van der Waals surface area contributed by atoms with Gasteiger partial charge in [0.05, 0.1) is 0 Å². The van der Waals surface area contributed by atoms with E-state index in [4.69, 9.17) is 9.35 Å². The van der Waals surface area contributed by atoms with Gasteiger partial charge in [0.15, 0.2) is 0 Å². The predicted octanol–water partition coefficient (Wildman–Crippen LogP) is -3.76. The molecule has 7 heteroatoms. The van der Waals surface area contributed by atoms with Crippen LogP contribution in [-0.2, 0) is 15.1 Å². The molecule has 0 heterocycles. The molecule has 0 bridgehead atoms. The first kappa shape index (κ1) is 11.7. The van der Waals surface area contributed by atoms with Crippen molar-refractivity contribution in [1.82, 2.24) is 0 Å². The molecule has 1 N–H and O–H groups in total. The van der Waals surface area contributed by atoms with Crippen molar-refractivity contribution in [3.63, 3.8) is 0 Å². The minimum atomic E-state index is -4.47. The van der Waals surface area contributed by atoms with Gasteiger partial charge in [0.1, 0.15) is 0 Å². The number of rotatable bonds is 1. The standard InChI is InChI=1S/CHNO4S.K.H/c3-1-2-7(4,5)6;;/h(H,4,5,6);;/q;+1;-1. The molecule has 0 aliphatic heterocycles. The molecule has 8 heavy (non-hydrogen) atoms. The summed E-state index contributed by atoms with van der Waals surface area (Å²) in [5.74, 6) is 0. The molecule has 0 aromatic carbocycles. The SMILES string of the molecule is O=C=NS(=O)(=O)O.[H-].[K+]. The number of nitrogens with zero attached hydrogens (tertiary/aromatic N) is 1. The molecule has 0 unspecified atom stereocenters. The molecule has 0 aromatic heterocycles. The molecule has 0 aliphatic carbocycles. The number of isocyanates is 1. The molecular formula is CH2KNO4S. The summed E-state index contributed by atoms with van der Waals surface area (Å²) in [6, 6.07) is 0. The van der Waals surface area contributed by atoms with Gasteiger partial charge in [-0.25, -0.2) is 4.79 Å². The molecule has 0 saturated heterocycles. The third-order valence-electron chi connectivity index (χ3n) is 0.153. The maximum Gasteiger partial charge on any atom is 1.00 e. The maximum atomic E-state index is 9.36. The van der Waals surface area contributed by atoms with Crippen LogP contribution in [0.5, 0.6) is 0 Å². The average Bonchev–Trinajstić information content (AvgIpc) is 1.30. The fourth-order valence-electron chi connectivity index (χ4n) is 0.0471. The molecule has 0 saturated carbocycles. The minimum Gasteiger partial charge on any atom is -1.00 e. The Morgan fingerprint density at radius 1 is 1.62 bits per heavy atom.